The topological polar surface area (TPSA) is 118 Å². The van der Waals surface area contributed by atoms with E-state index in [9.17, 15) is 14.0 Å². The van der Waals surface area contributed by atoms with Crippen LogP contribution >= 0.6 is 0 Å². The quantitative estimate of drug-likeness (QED) is 0.376. The molecule has 4 rings (SSSR count). The first-order chi connectivity index (χ1) is 15.9. The average molecular weight is 448 g/mol. The van der Waals surface area contributed by atoms with Crippen LogP contribution in [0.4, 0.5) is 20.6 Å². The van der Waals surface area contributed by atoms with Gasteiger partial charge in [0.05, 0.1) is 6.54 Å². The van der Waals surface area contributed by atoms with E-state index in [1.807, 2.05) is 0 Å². The van der Waals surface area contributed by atoms with Crippen LogP contribution in [-0.4, -0.2) is 37.1 Å². The van der Waals surface area contributed by atoms with E-state index < -0.39 is 12.2 Å². The molecule has 0 aromatic heterocycles. The van der Waals surface area contributed by atoms with E-state index in [2.05, 4.69) is 5.32 Å². The molecule has 1 unspecified atom stereocenters. The molecule has 0 bridgehead atoms. The normalized spacial score (nSPS) is 15.1. The Morgan fingerprint density at radius 2 is 1.85 bits per heavy atom. The van der Waals surface area contributed by atoms with Crippen LogP contribution in [0.5, 0.6) is 5.75 Å². The number of carbonyl (C=O) groups excluding carboxylic acids is 2. The third kappa shape index (κ3) is 5.27. The molecule has 3 aromatic carbocycles. The number of amidine groups is 1. The Morgan fingerprint density at radius 1 is 1.12 bits per heavy atom. The van der Waals surface area contributed by atoms with Gasteiger partial charge in [0, 0.05) is 22.5 Å². The molecule has 0 aliphatic carbocycles. The van der Waals surface area contributed by atoms with Crippen molar-refractivity contribution in [2.75, 3.05) is 23.4 Å². The van der Waals surface area contributed by atoms with Crippen LogP contribution in [0.1, 0.15) is 15.9 Å². The van der Waals surface area contributed by atoms with Gasteiger partial charge in [0.25, 0.3) is 5.91 Å². The van der Waals surface area contributed by atoms with Crippen LogP contribution < -0.4 is 20.7 Å². The summed E-state index contributed by atoms with van der Waals surface area (Å²) in [5.41, 5.74) is 7.50. The van der Waals surface area contributed by atoms with Crippen molar-refractivity contribution >= 4 is 29.2 Å². The zero-order valence-corrected chi connectivity index (χ0v) is 17.5. The van der Waals surface area contributed by atoms with Gasteiger partial charge in [0.1, 0.15) is 24.0 Å². The third-order valence-electron chi connectivity index (χ3n) is 5.00. The molecule has 4 N–H and O–H groups in total. The van der Waals surface area contributed by atoms with Gasteiger partial charge in [-0.2, -0.15) is 0 Å². The number of hydrogen-bond acceptors (Lipinski definition) is 5. The smallest absolute Gasteiger partial charge is 0.414 e. The fourth-order valence-electron chi connectivity index (χ4n) is 3.29. The van der Waals surface area contributed by atoms with Crippen molar-refractivity contribution in [2.24, 2.45) is 5.73 Å². The van der Waals surface area contributed by atoms with Crippen molar-refractivity contribution in [3.63, 3.8) is 0 Å². The Bertz CT molecular complexity index is 1180. The molecule has 2 amide bonds. The maximum absolute atomic E-state index is 13.0. The Morgan fingerprint density at radius 3 is 2.55 bits per heavy atom. The lowest BCUT2D eigenvalue weighted by molar-refractivity contribution is 0.102. The van der Waals surface area contributed by atoms with Crippen LogP contribution in [-0.2, 0) is 4.74 Å². The first-order valence-corrected chi connectivity index (χ1v) is 10.1. The maximum atomic E-state index is 13.0. The number of nitrogens with one attached hydrogen (secondary N) is 2. The Balaban J connectivity index is 1.34. The highest BCUT2D eigenvalue weighted by Gasteiger charge is 2.32. The lowest BCUT2D eigenvalue weighted by Crippen LogP contribution is -2.26. The van der Waals surface area contributed by atoms with Gasteiger partial charge in [0.15, 0.2) is 6.10 Å². The molecule has 9 heteroatoms. The fourth-order valence-corrected chi connectivity index (χ4v) is 3.29. The van der Waals surface area contributed by atoms with Crippen LogP contribution in [0.2, 0.25) is 0 Å². The predicted octanol–water partition coefficient (Wildman–Crippen LogP) is 3.77. The minimum Gasteiger partial charge on any atom is -0.490 e. The molecule has 8 nitrogen and oxygen atoms in total. The zero-order chi connectivity index (χ0) is 23.4. The Hall–Kier alpha value is -4.40. The van der Waals surface area contributed by atoms with Gasteiger partial charge >= 0.3 is 6.09 Å². The molecule has 168 valence electrons. The minimum absolute atomic E-state index is 0.0506. The van der Waals surface area contributed by atoms with E-state index >= 15 is 0 Å². The van der Waals surface area contributed by atoms with E-state index in [0.717, 1.165) is 0 Å². The van der Waals surface area contributed by atoms with Gasteiger partial charge in [-0.15, -0.1) is 0 Å². The molecule has 1 aliphatic heterocycles. The minimum atomic E-state index is -0.498. The SMILES string of the molecule is N=C(N)c1ccc(N2CC(COc3cccc(C(=O)Nc4ccc(F)cc4)c3)OC2=O)cc1. The van der Waals surface area contributed by atoms with Gasteiger partial charge < -0.3 is 20.5 Å². The van der Waals surface area contributed by atoms with E-state index in [1.54, 1.807) is 48.5 Å². The van der Waals surface area contributed by atoms with Crippen molar-refractivity contribution in [3.05, 3.63) is 89.7 Å². The molecule has 1 heterocycles. The van der Waals surface area contributed by atoms with Gasteiger partial charge in [0.2, 0.25) is 0 Å². The summed E-state index contributed by atoms with van der Waals surface area (Å²) < 4.78 is 24.2. The number of rotatable bonds is 7. The highest BCUT2D eigenvalue weighted by atomic mass is 19.1. The Kier molecular flexibility index (Phi) is 6.21. The number of ether oxygens (including phenoxy) is 2. The number of hydrogen-bond donors (Lipinski definition) is 3. The summed E-state index contributed by atoms with van der Waals surface area (Å²) in [4.78, 5) is 26.2. The number of cyclic esters (lactones) is 1. The molecular weight excluding hydrogens is 427 g/mol. The molecular formula is C24H21FN4O4. The fraction of sp³-hybridized carbons (Fsp3) is 0.125. The molecule has 3 aromatic rings. The summed E-state index contributed by atoms with van der Waals surface area (Å²) in [6.45, 7) is 0.403. The largest absolute Gasteiger partial charge is 0.490 e. The first-order valence-electron chi connectivity index (χ1n) is 10.1. The number of anilines is 2. The Labute approximate surface area is 189 Å². The number of nitrogen functional groups attached to an aromatic ring is 1. The van der Waals surface area contributed by atoms with Gasteiger partial charge in [-0.25, -0.2) is 9.18 Å². The molecule has 1 aliphatic rings. The predicted molar refractivity (Wildman–Crippen MR) is 121 cm³/mol. The number of carbonyl (C=O) groups is 2. The van der Waals surface area contributed by atoms with Crippen molar-refractivity contribution in [1.29, 1.82) is 5.41 Å². The third-order valence-corrected chi connectivity index (χ3v) is 5.00. The molecule has 1 saturated heterocycles. The zero-order valence-electron chi connectivity index (χ0n) is 17.5. The van der Waals surface area contributed by atoms with Crippen LogP contribution in [0.15, 0.2) is 72.8 Å². The van der Waals surface area contributed by atoms with E-state index in [-0.39, 0.29) is 24.2 Å². The van der Waals surface area contributed by atoms with Crippen molar-refractivity contribution < 1.29 is 23.5 Å². The second-order valence-electron chi connectivity index (χ2n) is 7.38. The molecule has 0 spiro atoms. The summed E-state index contributed by atoms with van der Waals surface area (Å²) in [6, 6.07) is 18.8. The summed E-state index contributed by atoms with van der Waals surface area (Å²) in [5, 5.41) is 10.1. The lowest BCUT2D eigenvalue weighted by Gasteiger charge is -2.14. The second kappa shape index (κ2) is 9.39. The summed E-state index contributed by atoms with van der Waals surface area (Å²) >= 11 is 0. The highest BCUT2D eigenvalue weighted by molar-refractivity contribution is 6.04. The van der Waals surface area contributed by atoms with Gasteiger partial charge in [-0.1, -0.05) is 6.07 Å². The lowest BCUT2D eigenvalue weighted by atomic mass is 10.2. The standard InChI is InChI=1S/C24H21FN4O4/c25-17-6-8-18(9-7-17)28-23(30)16-2-1-3-20(12-16)32-14-21-13-29(24(31)33-21)19-10-4-15(5-11-19)22(26)27/h1-12,21H,13-14H2,(H3,26,27)(H,28,30). The number of nitrogens with two attached hydrogens (primary N) is 1. The first kappa shape index (κ1) is 21.8. The average Bonchev–Trinajstić information content (AvgIpc) is 3.20. The number of nitrogens with zero attached hydrogens (tertiary/aromatic N) is 1. The van der Waals surface area contributed by atoms with E-state index in [0.29, 0.717) is 34.8 Å². The summed E-state index contributed by atoms with van der Waals surface area (Å²) in [6.07, 6.45) is -0.992. The molecule has 0 radical (unpaired) electrons. The molecule has 1 fully saturated rings. The van der Waals surface area contributed by atoms with Crippen molar-refractivity contribution in [2.45, 2.75) is 6.10 Å². The van der Waals surface area contributed by atoms with E-state index in [1.165, 1.54) is 29.2 Å². The van der Waals surface area contributed by atoms with Gasteiger partial charge in [-0.05, 0) is 66.7 Å². The number of halogens is 1. The van der Waals surface area contributed by atoms with Crippen molar-refractivity contribution in [1.82, 2.24) is 0 Å². The molecule has 1 atom stereocenters. The summed E-state index contributed by atoms with van der Waals surface area (Å²) in [5.74, 6) is -0.352. The maximum Gasteiger partial charge on any atom is 0.414 e. The monoisotopic (exact) mass is 448 g/mol. The van der Waals surface area contributed by atoms with Crippen molar-refractivity contribution in [3.8, 4) is 5.75 Å². The van der Waals surface area contributed by atoms with Crippen LogP contribution in [0.3, 0.4) is 0 Å². The highest BCUT2D eigenvalue weighted by Crippen LogP contribution is 2.23. The number of benzene rings is 3. The molecule has 0 saturated carbocycles. The number of amides is 2. The van der Waals surface area contributed by atoms with E-state index in [4.69, 9.17) is 20.6 Å². The second-order valence-corrected chi connectivity index (χ2v) is 7.38. The van der Waals surface area contributed by atoms with Crippen LogP contribution in [0, 0.1) is 11.2 Å². The van der Waals surface area contributed by atoms with Gasteiger partial charge in [-0.3, -0.25) is 15.1 Å². The molecule has 33 heavy (non-hydrogen) atoms. The summed E-state index contributed by atoms with van der Waals surface area (Å²) in [7, 11) is 0. The van der Waals surface area contributed by atoms with Crippen LogP contribution in [0.25, 0.3) is 0 Å².